The first-order valence-corrected chi connectivity index (χ1v) is 8.70. The number of hydrogen-bond acceptors (Lipinski definition) is 3. The zero-order valence-electron chi connectivity index (χ0n) is 14.5. The average Bonchev–Trinajstić information content (AvgIpc) is 3.17. The van der Waals surface area contributed by atoms with Crippen molar-refractivity contribution in [2.24, 2.45) is 0 Å². The minimum absolute atomic E-state index is 0.0178. The summed E-state index contributed by atoms with van der Waals surface area (Å²) < 4.78 is 1.95. The van der Waals surface area contributed by atoms with Gasteiger partial charge in [0.1, 0.15) is 5.82 Å². The van der Waals surface area contributed by atoms with Gasteiger partial charge in [0, 0.05) is 44.9 Å². The topological polar surface area (TPSA) is 67.2 Å². The van der Waals surface area contributed by atoms with E-state index in [0.29, 0.717) is 32.5 Å². The molecule has 1 atom stereocenters. The van der Waals surface area contributed by atoms with Crippen molar-refractivity contribution in [3.8, 4) is 0 Å². The number of rotatable bonds is 7. The Labute approximate surface area is 147 Å². The van der Waals surface area contributed by atoms with Gasteiger partial charge in [0.15, 0.2) is 0 Å². The number of hydrogen-bond donors (Lipinski definition) is 1. The van der Waals surface area contributed by atoms with Crippen molar-refractivity contribution < 1.29 is 9.59 Å². The normalized spacial score (nSPS) is 17.1. The Morgan fingerprint density at radius 3 is 2.80 bits per heavy atom. The zero-order valence-corrected chi connectivity index (χ0v) is 14.5. The molecule has 0 spiro atoms. The lowest BCUT2D eigenvalue weighted by Crippen LogP contribution is -2.37. The fourth-order valence-electron chi connectivity index (χ4n) is 3.16. The molecule has 25 heavy (non-hydrogen) atoms. The van der Waals surface area contributed by atoms with E-state index in [0.717, 1.165) is 12.2 Å². The highest BCUT2D eigenvalue weighted by Crippen LogP contribution is 2.13. The molecule has 1 saturated heterocycles. The minimum Gasteiger partial charge on any atom is -0.351 e. The number of nitrogens with zero attached hydrogens (tertiary/aromatic N) is 3. The molecule has 132 valence electrons. The molecule has 1 fully saturated rings. The van der Waals surface area contributed by atoms with Crippen LogP contribution in [0.3, 0.4) is 0 Å². The third kappa shape index (κ3) is 4.68. The highest BCUT2D eigenvalue weighted by Gasteiger charge is 2.30. The van der Waals surface area contributed by atoms with Crippen molar-refractivity contribution in [2.75, 3.05) is 13.1 Å². The van der Waals surface area contributed by atoms with Gasteiger partial charge in [-0.15, -0.1) is 0 Å². The summed E-state index contributed by atoms with van der Waals surface area (Å²) in [5.41, 5.74) is 1.22. The van der Waals surface area contributed by atoms with E-state index in [1.54, 1.807) is 6.20 Å². The number of aryl methyl sites for hydroxylation is 2. The molecule has 0 bridgehead atoms. The van der Waals surface area contributed by atoms with E-state index >= 15 is 0 Å². The minimum atomic E-state index is -0.0837. The molecule has 0 radical (unpaired) electrons. The zero-order chi connectivity index (χ0) is 17.6. The Bertz CT molecular complexity index is 726. The number of amides is 2. The van der Waals surface area contributed by atoms with Gasteiger partial charge in [-0.25, -0.2) is 4.98 Å². The molecule has 1 aromatic heterocycles. The van der Waals surface area contributed by atoms with Gasteiger partial charge >= 0.3 is 0 Å². The van der Waals surface area contributed by atoms with Crippen molar-refractivity contribution in [3.05, 3.63) is 54.1 Å². The molecular formula is C19H24N4O2. The third-order valence-electron chi connectivity index (χ3n) is 4.60. The molecule has 0 aliphatic carbocycles. The van der Waals surface area contributed by atoms with Gasteiger partial charge in [-0.3, -0.25) is 9.59 Å². The summed E-state index contributed by atoms with van der Waals surface area (Å²) in [6.07, 6.45) is 5.23. The Morgan fingerprint density at radius 2 is 2.08 bits per heavy atom. The van der Waals surface area contributed by atoms with Crippen LogP contribution < -0.4 is 5.32 Å². The molecule has 0 saturated carbocycles. The van der Waals surface area contributed by atoms with Crippen LogP contribution in [0.15, 0.2) is 42.7 Å². The largest absolute Gasteiger partial charge is 0.351 e. The van der Waals surface area contributed by atoms with Crippen molar-refractivity contribution in [1.29, 1.82) is 0 Å². The molecule has 2 amide bonds. The molecule has 1 N–H and O–H groups in total. The van der Waals surface area contributed by atoms with Crippen molar-refractivity contribution >= 4 is 11.8 Å². The second kappa shape index (κ2) is 7.96. The van der Waals surface area contributed by atoms with Gasteiger partial charge in [0.05, 0.1) is 6.04 Å². The predicted molar refractivity (Wildman–Crippen MR) is 94.9 cm³/mol. The van der Waals surface area contributed by atoms with Crippen LogP contribution in [0.25, 0.3) is 0 Å². The number of aromatic nitrogens is 2. The molecule has 1 aromatic carbocycles. The Balaban J connectivity index is 1.42. The van der Waals surface area contributed by atoms with Crippen molar-refractivity contribution in [2.45, 2.75) is 38.8 Å². The third-order valence-corrected chi connectivity index (χ3v) is 4.60. The van der Waals surface area contributed by atoms with Crippen LogP contribution >= 0.6 is 0 Å². The van der Waals surface area contributed by atoms with E-state index in [4.69, 9.17) is 0 Å². The molecule has 1 aliphatic heterocycles. The molecule has 1 aliphatic rings. The summed E-state index contributed by atoms with van der Waals surface area (Å²) in [4.78, 5) is 30.3. The second-order valence-corrected chi connectivity index (χ2v) is 6.46. The number of likely N-dealkylation sites (tertiary alicyclic amines) is 1. The van der Waals surface area contributed by atoms with Gasteiger partial charge in [-0.1, -0.05) is 30.3 Å². The summed E-state index contributed by atoms with van der Waals surface area (Å²) in [5, 5.41) is 2.98. The lowest BCUT2D eigenvalue weighted by atomic mass is 10.1. The monoisotopic (exact) mass is 340 g/mol. The molecular weight excluding hydrogens is 316 g/mol. The fraction of sp³-hybridized carbons (Fsp3) is 0.421. The number of imidazole rings is 1. The first kappa shape index (κ1) is 17.2. The van der Waals surface area contributed by atoms with E-state index in [-0.39, 0.29) is 17.9 Å². The molecule has 2 aromatic rings. The maximum absolute atomic E-state index is 12.1. The Hall–Kier alpha value is -2.63. The lowest BCUT2D eigenvalue weighted by molar-refractivity contribution is -0.127. The van der Waals surface area contributed by atoms with Crippen LogP contribution in [0, 0.1) is 6.92 Å². The number of nitrogens with one attached hydrogen (secondary N) is 1. The Morgan fingerprint density at radius 1 is 1.28 bits per heavy atom. The SMILES string of the molecule is Cc1nccn1CCC(=O)N[C@@H]1CC(=O)N(CCc2ccccc2)C1. The van der Waals surface area contributed by atoms with Crippen LogP contribution in [-0.4, -0.2) is 45.4 Å². The van der Waals surface area contributed by atoms with Crippen LogP contribution in [0.4, 0.5) is 0 Å². The standard InChI is InChI=1S/C19H24N4O2/c1-15-20-9-12-22(15)11-8-18(24)21-17-13-19(25)23(14-17)10-7-16-5-3-2-4-6-16/h2-6,9,12,17H,7-8,10-11,13-14H2,1H3,(H,21,24)/t17-/m1/s1. The highest BCUT2D eigenvalue weighted by molar-refractivity contribution is 5.82. The van der Waals surface area contributed by atoms with Gasteiger partial charge < -0.3 is 14.8 Å². The first-order chi connectivity index (χ1) is 12.1. The van der Waals surface area contributed by atoms with Crippen LogP contribution in [0.1, 0.15) is 24.2 Å². The van der Waals surface area contributed by atoms with Gasteiger partial charge in [-0.05, 0) is 18.9 Å². The summed E-state index contributed by atoms with van der Waals surface area (Å²) in [6.45, 7) is 3.82. The number of carbonyl (C=O) groups is 2. The fourth-order valence-corrected chi connectivity index (χ4v) is 3.16. The van der Waals surface area contributed by atoms with Crippen LogP contribution in [0.2, 0.25) is 0 Å². The van der Waals surface area contributed by atoms with E-state index in [9.17, 15) is 9.59 Å². The summed E-state index contributed by atoms with van der Waals surface area (Å²) in [6, 6.07) is 10.1. The van der Waals surface area contributed by atoms with Crippen molar-refractivity contribution in [1.82, 2.24) is 19.8 Å². The highest BCUT2D eigenvalue weighted by atomic mass is 16.2. The lowest BCUT2D eigenvalue weighted by Gasteiger charge is -2.17. The number of carbonyl (C=O) groups excluding carboxylic acids is 2. The second-order valence-electron chi connectivity index (χ2n) is 6.46. The summed E-state index contributed by atoms with van der Waals surface area (Å²) in [5.74, 6) is 0.999. The van der Waals surface area contributed by atoms with E-state index in [2.05, 4.69) is 22.4 Å². The van der Waals surface area contributed by atoms with Crippen LogP contribution in [-0.2, 0) is 22.6 Å². The van der Waals surface area contributed by atoms with Crippen molar-refractivity contribution in [3.63, 3.8) is 0 Å². The molecule has 0 unspecified atom stereocenters. The van der Waals surface area contributed by atoms with Crippen LogP contribution in [0.5, 0.6) is 0 Å². The summed E-state index contributed by atoms with van der Waals surface area (Å²) in [7, 11) is 0. The Kier molecular flexibility index (Phi) is 5.48. The predicted octanol–water partition coefficient (Wildman–Crippen LogP) is 1.54. The van der Waals surface area contributed by atoms with E-state index in [1.807, 2.05) is 40.8 Å². The average molecular weight is 340 g/mol. The van der Waals surface area contributed by atoms with Gasteiger partial charge in [0.25, 0.3) is 0 Å². The van der Waals surface area contributed by atoms with E-state index in [1.165, 1.54) is 5.56 Å². The van der Waals surface area contributed by atoms with Gasteiger partial charge in [-0.2, -0.15) is 0 Å². The van der Waals surface area contributed by atoms with E-state index < -0.39 is 0 Å². The van der Waals surface area contributed by atoms with Gasteiger partial charge in [0.2, 0.25) is 11.8 Å². The molecule has 6 nitrogen and oxygen atoms in total. The smallest absolute Gasteiger partial charge is 0.224 e. The first-order valence-electron chi connectivity index (χ1n) is 8.70. The molecule has 6 heteroatoms. The maximum atomic E-state index is 12.1. The molecule has 2 heterocycles. The quantitative estimate of drug-likeness (QED) is 0.831. The maximum Gasteiger partial charge on any atom is 0.224 e. The molecule has 3 rings (SSSR count). The summed E-state index contributed by atoms with van der Waals surface area (Å²) >= 11 is 0. The number of benzene rings is 1.